The predicted octanol–water partition coefficient (Wildman–Crippen LogP) is 3.96. The van der Waals surface area contributed by atoms with Crippen molar-refractivity contribution in [1.82, 2.24) is 0 Å². The van der Waals surface area contributed by atoms with E-state index in [1.54, 1.807) is 31.2 Å². The van der Waals surface area contributed by atoms with Gasteiger partial charge in [0.1, 0.15) is 0 Å². The van der Waals surface area contributed by atoms with Crippen LogP contribution >= 0.6 is 0 Å². The molecule has 1 aliphatic heterocycles. The Labute approximate surface area is 178 Å². The first-order valence-corrected chi connectivity index (χ1v) is 9.49. The molecule has 0 amide bonds. The van der Waals surface area contributed by atoms with E-state index in [-0.39, 0.29) is 35.4 Å². The van der Waals surface area contributed by atoms with Crippen LogP contribution < -0.4 is 9.47 Å². The number of nitro benzene ring substituents is 1. The number of rotatable bonds is 7. The molecule has 3 rings (SSSR count). The number of methoxy groups -OCH3 is 1. The number of hydrogen-bond donors (Lipinski definition) is 0. The van der Waals surface area contributed by atoms with Gasteiger partial charge in [-0.15, -0.1) is 0 Å². The van der Waals surface area contributed by atoms with Crippen molar-refractivity contribution in [2.24, 2.45) is 4.99 Å². The number of carbonyl (C=O) groups excluding carboxylic acids is 2. The van der Waals surface area contributed by atoms with E-state index in [2.05, 4.69) is 4.99 Å². The van der Waals surface area contributed by atoms with E-state index in [4.69, 9.17) is 14.2 Å². The van der Waals surface area contributed by atoms with Crippen molar-refractivity contribution >= 4 is 29.6 Å². The van der Waals surface area contributed by atoms with Crippen LogP contribution in [0.5, 0.6) is 11.5 Å². The molecule has 0 saturated carbocycles. The number of ether oxygens (including phenoxy) is 3. The highest BCUT2D eigenvalue weighted by Gasteiger charge is 2.27. The minimum atomic E-state index is -0.682. The maximum Gasteiger partial charge on any atom is 0.363 e. The summed E-state index contributed by atoms with van der Waals surface area (Å²) in [5.74, 6) is -0.460. The molecule has 0 N–H and O–H groups in total. The third-order valence-electron chi connectivity index (χ3n) is 4.52. The average Bonchev–Trinajstić information content (AvgIpc) is 3.09. The van der Waals surface area contributed by atoms with Crippen molar-refractivity contribution in [3.05, 3.63) is 68.9 Å². The van der Waals surface area contributed by atoms with Gasteiger partial charge in [0.15, 0.2) is 17.2 Å². The number of esters is 2. The molecule has 0 spiro atoms. The summed E-state index contributed by atoms with van der Waals surface area (Å²) in [7, 11) is 1.44. The third kappa shape index (κ3) is 4.77. The van der Waals surface area contributed by atoms with Crippen LogP contribution in [0.25, 0.3) is 6.08 Å². The van der Waals surface area contributed by atoms with Crippen LogP contribution in [0, 0.1) is 17.0 Å². The fourth-order valence-corrected chi connectivity index (χ4v) is 2.97. The van der Waals surface area contributed by atoms with Crippen LogP contribution in [0.15, 0.2) is 47.1 Å². The van der Waals surface area contributed by atoms with Gasteiger partial charge in [-0.05, 0) is 43.2 Å². The largest absolute Gasteiger partial charge is 0.493 e. The maximum atomic E-state index is 12.3. The number of hydrogen-bond acceptors (Lipinski definition) is 8. The average molecular weight is 424 g/mol. The molecule has 0 bridgehead atoms. The summed E-state index contributed by atoms with van der Waals surface area (Å²) in [5.41, 5.74) is 1.21. The summed E-state index contributed by atoms with van der Waals surface area (Å²) in [5, 5.41) is 11.2. The van der Waals surface area contributed by atoms with Crippen LogP contribution in [0.2, 0.25) is 0 Å². The predicted molar refractivity (Wildman–Crippen MR) is 112 cm³/mol. The molecule has 2 aromatic rings. The lowest BCUT2D eigenvalue weighted by atomic mass is 10.1. The lowest BCUT2D eigenvalue weighted by Crippen LogP contribution is -2.08. The van der Waals surface area contributed by atoms with Gasteiger partial charge in [0, 0.05) is 23.6 Å². The molecule has 0 aliphatic carbocycles. The zero-order valence-corrected chi connectivity index (χ0v) is 17.2. The van der Waals surface area contributed by atoms with Gasteiger partial charge < -0.3 is 14.2 Å². The molecule has 1 aliphatic rings. The summed E-state index contributed by atoms with van der Waals surface area (Å²) in [6.45, 7) is 3.44. The molecule has 160 valence electrons. The Balaban J connectivity index is 1.91. The smallest absolute Gasteiger partial charge is 0.363 e. The topological polar surface area (TPSA) is 117 Å². The second-order valence-corrected chi connectivity index (χ2v) is 6.68. The van der Waals surface area contributed by atoms with E-state index in [1.165, 1.54) is 25.3 Å². The molecule has 0 aromatic heterocycles. The second kappa shape index (κ2) is 9.21. The molecule has 1 heterocycles. The number of cyclic esters (lactones) is 1. The van der Waals surface area contributed by atoms with Gasteiger partial charge in [-0.25, -0.2) is 9.79 Å². The quantitative estimate of drug-likeness (QED) is 0.217. The number of benzene rings is 2. The highest BCUT2D eigenvalue weighted by molar-refractivity contribution is 6.13. The van der Waals surface area contributed by atoms with E-state index in [1.807, 2.05) is 6.92 Å². The molecule has 0 radical (unpaired) electrons. The minimum absolute atomic E-state index is 0.00506. The Kier molecular flexibility index (Phi) is 6.44. The summed E-state index contributed by atoms with van der Waals surface area (Å²) in [4.78, 5) is 38.9. The first-order chi connectivity index (χ1) is 14.8. The Morgan fingerprint density at radius 1 is 1.26 bits per heavy atom. The normalized spacial score (nSPS) is 14.2. The van der Waals surface area contributed by atoms with Gasteiger partial charge in [-0.2, -0.15) is 0 Å². The summed E-state index contributed by atoms with van der Waals surface area (Å²) in [6.07, 6.45) is 2.44. The van der Waals surface area contributed by atoms with E-state index in [9.17, 15) is 19.7 Å². The third-order valence-corrected chi connectivity index (χ3v) is 4.52. The molecule has 9 heteroatoms. The number of carbonyl (C=O) groups is 2. The van der Waals surface area contributed by atoms with Gasteiger partial charge in [-0.3, -0.25) is 14.9 Å². The molecule has 0 atom stereocenters. The van der Waals surface area contributed by atoms with Gasteiger partial charge in [0.05, 0.1) is 12.0 Å². The van der Waals surface area contributed by atoms with Crippen molar-refractivity contribution in [3.8, 4) is 11.5 Å². The summed E-state index contributed by atoms with van der Waals surface area (Å²) >= 11 is 0. The monoisotopic (exact) mass is 424 g/mol. The van der Waals surface area contributed by atoms with Crippen molar-refractivity contribution in [2.75, 3.05) is 7.11 Å². The SMILES string of the molecule is CCCC(=O)Oc1ccc(/C=C2\N=C(c3cccc([N+](=O)[O-])c3C)OC2=O)cc1OC. The van der Waals surface area contributed by atoms with E-state index in [0.717, 1.165) is 0 Å². The maximum absolute atomic E-state index is 12.3. The molecule has 2 aromatic carbocycles. The molecule has 0 unspecified atom stereocenters. The second-order valence-electron chi connectivity index (χ2n) is 6.68. The van der Waals surface area contributed by atoms with Crippen molar-refractivity contribution in [3.63, 3.8) is 0 Å². The molecular weight excluding hydrogens is 404 g/mol. The van der Waals surface area contributed by atoms with Crippen LogP contribution in [0.3, 0.4) is 0 Å². The van der Waals surface area contributed by atoms with Crippen LogP contribution in [0.4, 0.5) is 5.69 Å². The van der Waals surface area contributed by atoms with Crippen molar-refractivity contribution in [1.29, 1.82) is 0 Å². The van der Waals surface area contributed by atoms with E-state index in [0.29, 0.717) is 28.9 Å². The number of nitro groups is 1. The molecule has 9 nitrogen and oxygen atoms in total. The number of nitrogens with zero attached hydrogens (tertiary/aromatic N) is 2. The Morgan fingerprint density at radius 2 is 2.03 bits per heavy atom. The summed E-state index contributed by atoms with van der Waals surface area (Å²) in [6, 6.07) is 9.27. The fraction of sp³-hybridized carbons (Fsp3) is 0.227. The lowest BCUT2D eigenvalue weighted by Gasteiger charge is -2.09. The summed E-state index contributed by atoms with van der Waals surface area (Å²) < 4.78 is 15.8. The standard InChI is InChI=1S/C22H20N2O7/c1-4-6-20(25)30-18-10-9-14(12-19(18)29-3)11-16-22(26)31-21(23-16)15-7-5-8-17(13(15)2)24(27)28/h5,7-12H,4,6H2,1-3H3/b16-11-. The van der Waals surface area contributed by atoms with Gasteiger partial charge in [0.2, 0.25) is 5.90 Å². The Morgan fingerprint density at radius 3 is 2.71 bits per heavy atom. The van der Waals surface area contributed by atoms with Crippen molar-refractivity contribution < 1.29 is 28.7 Å². The van der Waals surface area contributed by atoms with Crippen LogP contribution in [0.1, 0.15) is 36.5 Å². The highest BCUT2D eigenvalue weighted by atomic mass is 16.6. The minimum Gasteiger partial charge on any atom is -0.493 e. The Hall–Kier alpha value is -4.01. The van der Waals surface area contributed by atoms with Gasteiger partial charge in [-0.1, -0.05) is 19.1 Å². The van der Waals surface area contributed by atoms with Crippen LogP contribution in [-0.4, -0.2) is 29.9 Å². The van der Waals surface area contributed by atoms with E-state index < -0.39 is 10.9 Å². The zero-order valence-electron chi connectivity index (χ0n) is 17.2. The van der Waals surface area contributed by atoms with Crippen molar-refractivity contribution in [2.45, 2.75) is 26.7 Å². The molecule has 31 heavy (non-hydrogen) atoms. The van der Waals surface area contributed by atoms with Gasteiger partial charge in [0.25, 0.3) is 5.69 Å². The van der Waals surface area contributed by atoms with Crippen LogP contribution in [-0.2, 0) is 14.3 Å². The first-order valence-electron chi connectivity index (χ1n) is 9.49. The molecule has 0 fully saturated rings. The van der Waals surface area contributed by atoms with Gasteiger partial charge >= 0.3 is 11.9 Å². The fourth-order valence-electron chi connectivity index (χ4n) is 2.97. The number of aliphatic imine (C=N–C) groups is 1. The zero-order chi connectivity index (χ0) is 22.5. The molecule has 0 saturated heterocycles. The Bertz CT molecular complexity index is 1120. The highest BCUT2D eigenvalue weighted by Crippen LogP contribution is 2.31. The van der Waals surface area contributed by atoms with E-state index >= 15 is 0 Å². The lowest BCUT2D eigenvalue weighted by molar-refractivity contribution is -0.385. The first kappa shape index (κ1) is 21.7. The molecular formula is C22H20N2O7.